The van der Waals surface area contributed by atoms with Gasteiger partial charge in [0, 0.05) is 17.2 Å². The van der Waals surface area contributed by atoms with Crippen molar-refractivity contribution in [2.45, 2.75) is 45.6 Å². The van der Waals surface area contributed by atoms with Crippen molar-refractivity contribution < 1.29 is 9.50 Å². The van der Waals surface area contributed by atoms with Gasteiger partial charge < -0.3 is 5.11 Å². The van der Waals surface area contributed by atoms with E-state index in [1.54, 1.807) is 17.4 Å². The highest BCUT2D eigenvalue weighted by Gasteiger charge is 2.21. The first kappa shape index (κ1) is 15.1. The first-order valence-electron chi connectivity index (χ1n) is 6.66. The molecule has 1 heterocycles. The molecule has 0 saturated carbocycles. The van der Waals surface area contributed by atoms with Gasteiger partial charge in [0.05, 0.1) is 10.7 Å². The Morgan fingerprint density at radius 1 is 1.35 bits per heavy atom. The van der Waals surface area contributed by atoms with E-state index in [1.807, 2.05) is 12.3 Å². The standard InChI is InChI=1S/C16H20FNOS/c1-10-5-6-12(17)7-11(10)8-14(19)13-9-20-15(18-13)16(2,3)4/h5-7,9,14,19H,8H2,1-4H3. The summed E-state index contributed by atoms with van der Waals surface area (Å²) in [5.41, 5.74) is 2.46. The van der Waals surface area contributed by atoms with Crippen LogP contribution in [0, 0.1) is 12.7 Å². The molecule has 1 unspecified atom stereocenters. The van der Waals surface area contributed by atoms with Gasteiger partial charge in [0.25, 0.3) is 0 Å². The molecule has 0 aliphatic carbocycles. The quantitative estimate of drug-likeness (QED) is 0.921. The Bertz CT molecular complexity index is 601. The van der Waals surface area contributed by atoms with Crippen molar-refractivity contribution in [2.75, 3.05) is 0 Å². The van der Waals surface area contributed by atoms with Crippen LogP contribution in [0.25, 0.3) is 0 Å². The van der Waals surface area contributed by atoms with E-state index in [0.29, 0.717) is 12.1 Å². The lowest BCUT2D eigenvalue weighted by Gasteiger charge is -2.14. The van der Waals surface area contributed by atoms with Crippen molar-refractivity contribution >= 4 is 11.3 Å². The number of aryl methyl sites for hydroxylation is 1. The van der Waals surface area contributed by atoms with E-state index in [-0.39, 0.29) is 11.2 Å². The molecule has 0 spiro atoms. The molecule has 2 aromatic rings. The van der Waals surface area contributed by atoms with E-state index in [1.165, 1.54) is 12.1 Å². The summed E-state index contributed by atoms with van der Waals surface area (Å²) in [7, 11) is 0. The van der Waals surface area contributed by atoms with Crippen LogP contribution in [0.4, 0.5) is 4.39 Å². The molecule has 1 aromatic heterocycles. The maximum absolute atomic E-state index is 13.3. The monoisotopic (exact) mass is 293 g/mol. The summed E-state index contributed by atoms with van der Waals surface area (Å²) in [6.07, 6.45) is -0.306. The number of nitrogens with zero attached hydrogens (tertiary/aromatic N) is 1. The first-order valence-corrected chi connectivity index (χ1v) is 7.54. The Hall–Kier alpha value is -1.26. The van der Waals surface area contributed by atoms with Gasteiger partial charge in [-0.2, -0.15) is 0 Å². The summed E-state index contributed by atoms with van der Waals surface area (Å²) in [5.74, 6) is -0.272. The average Bonchev–Trinajstić information content (AvgIpc) is 2.83. The van der Waals surface area contributed by atoms with Gasteiger partial charge in [0.2, 0.25) is 0 Å². The average molecular weight is 293 g/mol. The lowest BCUT2D eigenvalue weighted by atomic mass is 9.98. The predicted octanol–water partition coefficient (Wildman–Crippen LogP) is 4.16. The highest BCUT2D eigenvalue weighted by molar-refractivity contribution is 7.09. The summed E-state index contributed by atoms with van der Waals surface area (Å²) < 4.78 is 13.3. The van der Waals surface area contributed by atoms with Crippen LogP contribution in [0.1, 0.15) is 48.7 Å². The number of aliphatic hydroxyl groups excluding tert-OH is 1. The zero-order valence-corrected chi connectivity index (χ0v) is 13.1. The molecule has 0 aliphatic rings. The van der Waals surface area contributed by atoms with Crippen molar-refractivity contribution in [1.29, 1.82) is 0 Å². The van der Waals surface area contributed by atoms with E-state index >= 15 is 0 Å². The number of aliphatic hydroxyl groups is 1. The molecule has 0 bridgehead atoms. The van der Waals surface area contributed by atoms with Gasteiger partial charge in [0.1, 0.15) is 11.9 Å². The zero-order valence-electron chi connectivity index (χ0n) is 12.3. The van der Waals surface area contributed by atoms with Gasteiger partial charge in [-0.15, -0.1) is 11.3 Å². The van der Waals surface area contributed by atoms with Gasteiger partial charge in [-0.1, -0.05) is 26.8 Å². The second-order valence-corrected chi connectivity index (χ2v) is 6.98. The van der Waals surface area contributed by atoms with Gasteiger partial charge in [-0.3, -0.25) is 0 Å². The van der Waals surface area contributed by atoms with E-state index < -0.39 is 6.10 Å². The van der Waals surface area contributed by atoms with Gasteiger partial charge in [-0.05, 0) is 30.2 Å². The zero-order chi connectivity index (χ0) is 14.9. The minimum atomic E-state index is -0.692. The molecule has 2 nitrogen and oxygen atoms in total. The summed E-state index contributed by atoms with van der Waals surface area (Å²) in [5, 5.41) is 13.2. The van der Waals surface area contributed by atoms with Gasteiger partial charge >= 0.3 is 0 Å². The molecular formula is C16H20FNOS. The molecule has 0 aliphatic heterocycles. The topological polar surface area (TPSA) is 33.1 Å². The molecule has 2 rings (SSSR count). The molecule has 4 heteroatoms. The number of halogens is 1. The highest BCUT2D eigenvalue weighted by Crippen LogP contribution is 2.29. The van der Waals surface area contributed by atoms with Crippen LogP contribution < -0.4 is 0 Å². The van der Waals surface area contributed by atoms with Gasteiger partial charge in [-0.25, -0.2) is 9.37 Å². The Kier molecular flexibility index (Phi) is 4.25. The molecule has 0 fully saturated rings. The number of rotatable bonds is 3. The number of aromatic nitrogens is 1. The van der Waals surface area contributed by atoms with Crippen LogP contribution in [0.5, 0.6) is 0 Å². The third-order valence-corrected chi connectivity index (χ3v) is 4.52. The van der Waals surface area contributed by atoms with E-state index in [9.17, 15) is 9.50 Å². The Balaban J connectivity index is 2.18. The largest absolute Gasteiger partial charge is 0.386 e. The Labute approximate surface area is 123 Å². The number of benzene rings is 1. The summed E-state index contributed by atoms with van der Waals surface area (Å²) in [4.78, 5) is 4.50. The first-order chi connectivity index (χ1) is 9.27. The normalized spacial score (nSPS) is 13.5. The lowest BCUT2D eigenvalue weighted by Crippen LogP contribution is -2.11. The second kappa shape index (κ2) is 5.62. The molecule has 0 amide bonds. The Morgan fingerprint density at radius 2 is 2.05 bits per heavy atom. The smallest absolute Gasteiger partial charge is 0.123 e. The van der Waals surface area contributed by atoms with Crippen LogP contribution in [0.2, 0.25) is 0 Å². The summed E-state index contributed by atoms with van der Waals surface area (Å²) in [6.45, 7) is 8.21. The minimum Gasteiger partial charge on any atom is -0.386 e. The highest BCUT2D eigenvalue weighted by atomic mass is 32.1. The van der Waals surface area contributed by atoms with Gasteiger partial charge in [0.15, 0.2) is 0 Å². The van der Waals surface area contributed by atoms with Crippen LogP contribution in [-0.2, 0) is 11.8 Å². The molecule has 1 N–H and O–H groups in total. The van der Waals surface area contributed by atoms with Crippen molar-refractivity contribution in [3.63, 3.8) is 0 Å². The van der Waals surface area contributed by atoms with Crippen LogP contribution in [0.15, 0.2) is 23.6 Å². The molecular weight excluding hydrogens is 273 g/mol. The van der Waals surface area contributed by atoms with Crippen molar-refractivity contribution in [3.05, 3.63) is 51.2 Å². The second-order valence-electron chi connectivity index (χ2n) is 6.12. The number of hydrogen-bond donors (Lipinski definition) is 1. The van der Waals surface area contributed by atoms with Crippen molar-refractivity contribution in [3.8, 4) is 0 Å². The van der Waals surface area contributed by atoms with E-state index in [0.717, 1.165) is 16.1 Å². The molecule has 0 radical (unpaired) electrons. The maximum atomic E-state index is 13.3. The summed E-state index contributed by atoms with van der Waals surface area (Å²) >= 11 is 1.56. The molecule has 108 valence electrons. The molecule has 20 heavy (non-hydrogen) atoms. The van der Waals surface area contributed by atoms with Crippen molar-refractivity contribution in [1.82, 2.24) is 4.98 Å². The predicted molar refractivity (Wildman–Crippen MR) is 80.6 cm³/mol. The molecule has 1 atom stereocenters. The van der Waals surface area contributed by atoms with E-state index in [4.69, 9.17) is 0 Å². The lowest BCUT2D eigenvalue weighted by molar-refractivity contribution is 0.173. The minimum absolute atomic E-state index is 0.0165. The number of hydrogen-bond acceptors (Lipinski definition) is 3. The SMILES string of the molecule is Cc1ccc(F)cc1CC(O)c1csc(C(C)(C)C)n1. The van der Waals surface area contributed by atoms with Crippen LogP contribution >= 0.6 is 11.3 Å². The molecule has 0 saturated heterocycles. The fourth-order valence-corrected chi connectivity index (χ4v) is 2.91. The third-order valence-electron chi connectivity index (χ3n) is 3.23. The third kappa shape index (κ3) is 3.44. The number of thiazole rings is 1. The van der Waals surface area contributed by atoms with E-state index in [2.05, 4.69) is 25.8 Å². The van der Waals surface area contributed by atoms with Crippen LogP contribution in [-0.4, -0.2) is 10.1 Å². The summed E-state index contributed by atoms with van der Waals surface area (Å²) in [6, 6.07) is 4.65. The maximum Gasteiger partial charge on any atom is 0.123 e. The van der Waals surface area contributed by atoms with Crippen LogP contribution in [0.3, 0.4) is 0 Å². The Morgan fingerprint density at radius 3 is 2.65 bits per heavy atom. The fourth-order valence-electron chi connectivity index (χ4n) is 1.96. The molecule has 1 aromatic carbocycles. The fraction of sp³-hybridized carbons (Fsp3) is 0.438. The van der Waals surface area contributed by atoms with Crippen molar-refractivity contribution in [2.24, 2.45) is 0 Å².